The summed E-state index contributed by atoms with van der Waals surface area (Å²) in [6.07, 6.45) is 0.986. The maximum atomic E-state index is 5.35. The molecule has 12 heavy (non-hydrogen) atoms. The molecule has 0 saturated heterocycles. The maximum Gasteiger partial charge on any atom is 0.188 e. The summed E-state index contributed by atoms with van der Waals surface area (Å²) in [5.74, 6) is 0.918. The quantitative estimate of drug-likeness (QED) is 0.638. The molecule has 0 aliphatic rings. The third-order valence-electron chi connectivity index (χ3n) is 1.69. The SMILES string of the molecule is CCc1ccccc1OCOC. The molecule has 0 heterocycles. The molecule has 2 nitrogen and oxygen atoms in total. The second-order valence-electron chi connectivity index (χ2n) is 2.51. The Morgan fingerprint density at radius 1 is 1.25 bits per heavy atom. The molecule has 1 aromatic rings. The van der Waals surface area contributed by atoms with E-state index in [4.69, 9.17) is 9.47 Å². The van der Waals surface area contributed by atoms with E-state index in [1.165, 1.54) is 5.56 Å². The van der Waals surface area contributed by atoms with Crippen LogP contribution in [0.1, 0.15) is 12.5 Å². The minimum Gasteiger partial charge on any atom is -0.467 e. The van der Waals surface area contributed by atoms with Gasteiger partial charge in [-0.2, -0.15) is 0 Å². The second kappa shape index (κ2) is 4.78. The van der Waals surface area contributed by atoms with E-state index in [-0.39, 0.29) is 0 Å². The summed E-state index contributed by atoms with van der Waals surface area (Å²) in [5.41, 5.74) is 1.22. The number of benzene rings is 1. The summed E-state index contributed by atoms with van der Waals surface area (Å²) >= 11 is 0. The molecule has 1 aromatic carbocycles. The molecule has 0 bridgehead atoms. The molecule has 0 fully saturated rings. The summed E-state index contributed by atoms with van der Waals surface area (Å²) in [6.45, 7) is 2.42. The summed E-state index contributed by atoms with van der Waals surface area (Å²) in [4.78, 5) is 0. The first-order valence-electron chi connectivity index (χ1n) is 4.08. The highest BCUT2D eigenvalue weighted by atomic mass is 16.7. The Bertz CT molecular complexity index is 233. The fourth-order valence-electron chi connectivity index (χ4n) is 1.06. The van der Waals surface area contributed by atoms with Gasteiger partial charge in [-0.15, -0.1) is 0 Å². The van der Waals surface area contributed by atoms with Crippen LogP contribution >= 0.6 is 0 Å². The van der Waals surface area contributed by atoms with Gasteiger partial charge in [-0.3, -0.25) is 0 Å². The highest BCUT2D eigenvalue weighted by molar-refractivity contribution is 5.32. The van der Waals surface area contributed by atoms with Gasteiger partial charge in [0, 0.05) is 7.11 Å². The van der Waals surface area contributed by atoms with Gasteiger partial charge in [-0.05, 0) is 18.1 Å². The van der Waals surface area contributed by atoms with Crippen molar-refractivity contribution >= 4 is 0 Å². The van der Waals surface area contributed by atoms with Gasteiger partial charge in [0.2, 0.25) is 0 Å². The molecule has 0 aliphatic carbocycles. The molecule has 0 unspecified atom stereocenters. The van der Waals surface area contributed by atoms with Crippen LogP contribution in [0.15, 0.2) is 24.3 Å². The van der Waals surface area contributed by atoms with Crippen LogP contribution in [0.4, 0.5) is 0 Å². The van der Waals surface area contributed by atoms with Crippen LogP contribution in [-0.4, -0.2) is 13.9 Å². The summed E-state index contributed by atoms with van der Waals surface area (Å²) in [5, 5.41) is 0. The first-order valence-corrected chi connectivity index (χ1v) is 4.08. The summed E-state index contributed by atoms with van der Waals surface area (Å²) in [7, 11) is 1.62. The Morgan fingerprint density at radius 3 is 2.67 bits per heavy atom. The van der Waals surface area contributed by atoms with Gasteiger partial charge < -0.3 is 9.47 Å². The number of hydrogen-bond acceptors (Lipinski definition) is 2. The maximum absolute atomic E-state index is 5.35. The molecular weight excluding hydrogens is 152 g/mol. The third-order valence-corrected chi connectivity index (χ3v) is 1.69. The van der Waals surface area contributed by atoms with E-state index in [9.17, 15) is 0 Å². The van der Waals surface area contributed by atoms with Crippen molar-refractivity contribution in [2.24, 2.45) is 0 Å². The van der Waals surface area contributed by atoms with Crippen molar-refractivity contribution < 1.29 is 9.47 Å². The molecule has 66 valence electrons. The van der Waals surface area contributed by atoms with E-state index in [0.717, 1.165) is 12.2 Å². The lowest BCUT2D eigenvalue weighted by atomic mass is 10.1. The van der Waals surface area contributed by atoms with Gasteiger partial charge in [0.15, 0.2) is 6.79 Å². The predicted octanol–water partition coefficient (Wildman–Crippen LogP) is 2.23. The fraction of sp³-hybridized carbons (Fsp3) is 0.400. The first-order chi connectivity index (χ1) is 5.88. The average molecular weight is 166 g/mol. The standard InChI is InChI=1S/C10H14O2/c1-3-9-6-4-5-7-10(9)12-8-11-2/h4-7H,3,8H2,1-2H3. The van der Waals surface area contributed by atoms with Crippen LogP contribution in [0, 0.1) is 0 Å². The minimum absolute atomic E-state index is 0.316. The van der Waals surface area contributed by atoms with E-state index >= 15 is 0 Å². The summed E-state index contributed by atoms with van der Waals surface area (Å²) < 4.78 is 10.2. The largest absolute Gasteiger partial charge is 0.467 e. The van der Waals surface area contributed by atoms with Crippen LogP contribution in [0.25, 0.3) is 0 Å². The van der Waals surface area contributed by atoms with Crippen LogP contribution in [0.3, 0.4) is 0 Å². The lowest BCUT2D eigenvalue weighted by Crippen LogP contribution is -2.00. The van der Waals surface area contributed by atoms with E-state index in [2.05, 4.69) is 13.0 Å². The lowest BCUT2D eigenvalue weighted by molar-refractivity contribution is 0.0505. The Kier molecular flexibility index (Phi) is 3.61. The molecule has 0 amide bonds. The van der Waals surface area contributed by atoms with E-state index in [0.29, 0.717) is 6.79 Å². The zero-order valence-corrected chi connectivity index (χ0v) is 7.54. The highest BCUT2D eigenvalue weighted by Crippen LogP contribution is 2.17. The zero-order valence-electron chi connectivity index (χ0n) is 7.54. The number of hydrogen-bond donors (Lipinski definition) is 0. The second-order valence-corrected chi connectivity index (χ2v) is 2.51. The number of para-hydroxylation sites is 1. The van der Waals surface area contributed by atoms with Crippen LogP contribution in [0.2, 0.25) is 0 Å². The van der Waals surface area contributed by atoms with Crippen LogP contribution in [0.5, 0.6) is 5.75 Å². The van der Waals surface area contributed by atoms with Crippen molar-refractivity contribution in [2.45, 2.75) is 13.3 Å². The molecule has 0 atom stereocenters. The van der Waals surface area contributed by atoms with Crippen molar-refractivity contribution in [1.82, 2.24) is 0 Å². The summed E-state index contributed by atoms with van der Waals surface area (Å²) in [6, 6.07) is 7.99. The number of rotatable bonds is 4. The Hall–Kier alpha value is -1.02. The molecule has 2 heteroatoms. The van der Waals surface area contributed by atoms with Crippen molar-refractivity contribution in [1.29, 1.82) is 0 Å². The topological polar surface area (TPSA) is 18.5 Å². The van der Waals surface area contributed by atoms with Gasteiger partial charge in [0.1, 0.15) is 5.75 Å². The van der Waals surface area contributed by atoms with Crippen molar-refractivity contribution in [3.63, 3.8) is 0 Å². The average Bonchev–Trinajstić information content (AvgIpc) is 2.15. The fourth-order valence-corrected chi connectivity index (χ4v) is 1.06. The monoisotopic (exact) mass is 166 g/mol. The minimum atomic E-state index is 0.316. The third kappa shape index (κ3) is 2.24. The van der Waals surface area contributed by atoms with Crippen molar-refractivity contribution in [3.05, 3.63) is 29.8 Å². The zero-order chi connectivity index (χ0) is 8.81. The van der Waals surface area contributed by atoms with Crippen LogP contribution in [-0.2, 0) is 11.2 Å². The Labute approximate surface area is 73.1 Å². The number of methoxy groups -OCH3 is 1. The van der Waals surface area contributed by atoms with Gasteiger partial charge in [-0.1, -0.05) is 25.1 Å². The Balaban J connectivity index is 2.68. The number of aryl methyl sites for hydroxylation is 1. The molecule has 0 aliphatic heterocycles. The van der Waals surface area contributed by atoms with Crippen LogP contribution < -0.4 is 4.74 Å². The molecule has 0 spiro atoms. The van der Waals surface area contributed by atoms with Gasteiger partial charge in [-0.25, -0.2) is 0 Å². The van der Waals surface area contributed by atoms with E-state index in [1.807, 2.05) is 18.2 Å². The molecule has 0 radical (unpaired) electrons. The van der Waals surface area contributed by atoms with E-state index < -0.39 is 0 Å². The van der Waals surface area contributed by atoms with Crippen molar-refractivity contribution in [3.8, 4) is 5.75 Å². The smallest absolute Gasteiger partial charge is 0.188 e. The van der Waals surface area contributed by atoms with Gasteiger partial charge in [0.25, 0.3) is 0 Å². The van der Waals surface area contributed by atoms with Gasteiger partial charge >= 0.3 is 0 Å². The molecule has 0 saturated carbocycles. The lowest BCUT2D eigenvalue weighted by Gasteiger charge is -2.08. The molecular formula is C10H14O2. The van der Waals surface area contributed by atoms with Gasteiger partial charge in [0.05, 0.1) is 0 Å². The normalized spacial score (nSPS) is 9.83. The molecule has 0 N–H and O–H groups in total. The first kappa shape index (κ1) is 9.07. The van der Waals surface area contributed by atoms with Crippen molar-refractivity contribution in [2.75, 3.05) is 13.9 Å². The Morgan fingerprint density at radius 2 is 2.00 bits per heavy atom. The van der Waals surface area contributed by atoms with E-state index in [1.54, 1.807) is 7.11 Å². The molecule has 0 aromatic heterocycles. The highest BCUT2D eigenvalue weighted by Gasteiger charge is 1.98. The number of ether oxygens (including phenoxy) is 2. The predicted molar refractivity (Wildman–Crippen MR) is 48.3 cm³/mol. The molecule has 1 rings (SSSR count).